The third-order valence-corrected chi connectivity index (χ3v) is 4.19. The minimum atomic E-state index is -0.230. The van der Waals surface area contributed by atoms with E-state index in [1.54, 1.807) is 25.3 Å². The molecule has 0 fully saturated rings. The van der Waals surface area contributed by atoms with Crippen LogP contribution in [0.25, 0.3) is 0 Å². The Hall–Kier alpha value is -2.20. The molecule has 4 nitrogen and oxygen atoms in total. The molecule has 0 aliphatic heterocycles. The van der Waals surface area contributed by atoms with E-state index in [0.717, 1.165) is 11.3 Å². The van der Waals surface area contributed by atoms with E-state index in [1.807, 2.05) is 24.3 Å². The Balaban J connectivity index is 2.08. The molecule has 0 heterocycles. The van der Waals surface area contributed by atoms with Crippen molar-refractivity contribution in [1.82, 2.24) is 5.32 Å². The summed E-state index contributed by atoms with van der Waals surface area (Å²) in [6.45, 7) is 4.61. The van der Waals surface area contributed by atoms with Gasteiger partial charge in [0.2, 0.25) is 0 Å². The zero-order chi connectivity index (χ0) is 17.0. The lowest BCUT2D eigenvalue weighted by Gasteiger charge is -2.26. The first-order valence-electron chi connectivity index (χ1n) is 7.32. The minimum absolute atomic E-state index is 0.227. The summed E-state index contributed by atoms with van der Waals surface area (Å²) in [5.41, 5.74) is 7.43. The van der Waals surface area contributed by atoms with Crippen molar-refractivity contribution in [1.29, 1.82) is 0 Å². The van der Waals surface area contributed by atoms with Gasteiger partial charge in [-0.15, -0.1) is 0 Å². The van der Waals surface area contributed by atoms with Gasteiger partial charge >= 0.3 is 0 Å². The van der Waals surface area contributed by atoms with E-state index in [9.17, 15) is 4.79 Å². The summed E-state index contributed by atoms with van der Waals surface area (Å²) in [6, 6.07) is 12.9. The molecular formula is C18H21ClN2O2. The summed E-state index contributed by atoms with van der Waals surface area (Å²) in [7, 11) is 1.63. The van der Waals surface area contributed by atoms with Gasteiger partial charge in [-0.3, -0.25) is 4.79 Å². The Bertz CT molecular complexity index is 697. The first-order chi connectivity index (χ1) is 10.8. The monoisotopic (exact) mass is 332 g/mol. The van der Waals surface area contributed by atoms with Crippen LogP contribution in [0.5, 0.6) is 5.75 Å². The number of ether oxygens (including phenoxy) is 1. The summed E-state index contributed by atoms with van der Waals surface area (Å²) in [4.78, 5) is 12.3. The van der Waals surface area contributed by atoms with Gasteiger partial charge < -0.3 is 15.8 Å². The average molecular weight is 333 g/mol. The number of benzene rings is 2. The van der Waals surface area contributed by atoms with Gasteiger partial charge in [0.05, 0.1) is 23.4 Å². The Labute approximate surface area is 141 Å². The van der Waals surface area contributed by atoms with Crippen molar-refractivity contribution < 1.29 is 9.53 Å². The van der Waals surface area contributed by atoms with Crippen LogP contribution in [0.3, 0.4) is 0 Å². The highest BCUT2D eigenvalue weighted by molar-refractivity contribution is 6.33. The number of carbonyl (C=O) groups excluding carboxylic acids is 1. The first kappa shape index (κ1) is 17.2. The lowest BCUT2D eigenvalue weighted by molar-refractivity contribution is 0.0946. The highest BCUT2D eigenvalue weighted by atomic mass is 35.5. The minimum Gasteiger partial charge on any atom is -0.497 e. The number of methoxy groups -OCH3 is 1. The Kier molecular flexibility index (Phi) is 5.16. The third-order valence-electron chi connectivity index (χ3n) is 3.86. The molecule has 2 aromatic rings. The normalized spacial score (nSPS) is 11.1. The van der Waals surface area contributed by atoms with Crippen LogP contribution in [0.1, 0.15) is 29.8 Å². The molecule has 1 amide bonds. The van der Waals surface area contributed by atoms with E-state index < -0.39 is 0 Å². The molecule has 2 aromatic carbocycles. The van der Waals surface area contributed by atoms with E-state index in [1.165, 1.54) is 0 Å². The van der Waals surface area contributed by atoms with Gasteiger partial charge in [0.1, 0.15) is 5.75 Å². The maximum Gasteiger partial charge on any atom is 0.253 e. The molecule has 0 aliphatic rings. The van der Waals surface area contributed by atoms with Crippen LogP contribution in [-0.2, 0) is 5.41 Å². The number of para-hydroxylation sites is 1. The van der Waals surface area contributed by atoms with E-state index in [2.05, 4.69) is 19.2 Å². The molecule has 0 unspecified atom stereocenters. The molecule has 2 rings (SSSR count). The van der Waals surface area contributed by atoms with Crippen molar-refractivity contribution in [3.8, 4) is 5.75 Å². The van der Waals surface area contributed by atoms with E-state index in [0.29, 0.717) is 22.8 Å². The van der Waals surface area contributed by atoms with E-state index >= 15 is 0 Å². The molecule has 0 aromatic heterocycles. The van der Waals surface area contributed by atoms with Gasteiger partial charge in [-0.2, -0.15) is 0 Å². The van der Waals surface area contributed by atoms with Crippen LogP contribution in [0.2, 0.25) is 5.02 Å². The number of anilines is 1. The van der Waals surface area contributed by atoms with Crippen molar-refractivity contribution in [3.05, 3.63) is 58.6 Å². The van der Waals surface area contributed by atoms with Gasteiger partial charge in [-0.25, -0.2) is 0 Å². The largest absolute Gasteiger partial charge is 0.497 e. The molecule has 0 aliphatic carbocycles. The van der Waals surface area contributed by atoms with Gasteiger partial charge in [0.15, 0.2) is 0 Å². The number of nitrogens with two attached hydrogens (primary N) is 1. The second-order valence-corrected chi connectivity index (χ2v) is 6.40. The Morgan fingerprint density at radius 3 is 2.48 bits per heavy atom. The first-order valence-corrected chi connectivity index (χ1v) is 7.69. The molecule has 3 N–H and O–H groups in total. The number of amides is 1. The number of halogens is 1. The molecule has 0 saturated carbocycles. The number of nitrogens with one attached hydrogen (secondary N) is 1. The van der Waals surface area contributed by atoms with Crippen LogP contribution in [0, 0.1) is 0 Å². The van der Waals surface area contributed by atoms with E-state index in [-0.39, 0.29) is 11.3 Å². The predicted molar refractivity (Wildman–Crippen MR) is 94.2 cm³/mol. The lowest BCUT2D eigenvalue weighted by Crippen LogP contribution is -2.37. The topological polar surface area (TPSA) is 64.3 Å². The SMILES string of the molecule is COc1ccc(C(C)(C)CNC(=O)c2cccc(Cl)c2N)cc1. The summed E-state index contributed by atoms with van der Waals surface area (Å²) in [5.74, 6) is 0.576. The van der Waals surface area contributed by atoms with Crippen molar-refractivity contribution in [2.45, 2.75) is 19.3 Å². The van der Waals surface area contributed by atoms with Gasteiger partial charge in [-0.1, -0.05) is 43.6 Å². The van der Waals surface area contributed by atoms with Crippen molar-refractivity contribution in [2.24, 2.45) is 0 Å². The zero-order valence-corrected chi connectivity index (χ0v) is 14.3. The van der Waals surface area contributed by atoms with Crippen molar-refractivity contribution in [3.63, 3.8) is 0 Å². The smallest absolute Gasteiger partial charge is 0.253 e. The zero-order valence-electron chi connectivity index (χ0n) is 13.5. The number of carbonyl (C=O) groups is 1. The fraction of sp³-hybridized carbons (Fsp3) is 0.278. The highest BCUT2D eigenvalue weighted by Gasteiger charge is 2.22. The molecule has 5 heteroatoms. The van der Waals surface area contributed by atoms with Crippen LogP contribution in [-0.4, -0.2) is 19.6 Å². The molecular weight excluding hydrogens is 312 g/mol. The Morgan fingerprint density at radius 1 is 1.22 bits per heavy atom. The molecule has 122 valence electrons. The van der Waals surface area contributed by atoms with E-state index in [4.69, 9.17) is 22.1 Å². The lowest BCUT2D eigenvalue weighted by atomic mass is 9.84. The molecule has 0 spiro atoms. The maximum absolute atomic E-state index is 12.3. The van der Waals surface area contributed by atoms with Gasteiger partial charge in [0, 0.05) is 12.0 Å². The second kappa shape index (κ2) is 6.92. The second-order valence-electron chi connectivity index (χ2n) is 6.00. The molecule has 23 heavy (non-hydrogen) atoms. The quantitative estimate of drug-likeness (QED) is 0.822. The predicted octanol–water partition coefficient (Wildman–Crippen LogP) is 3.64. The molecule has 0 bridgehead atoms. The van der Waals surface area contributed by atoms with Crippen LogP contribution < -0.4 is 15.8 Å². The number of nitrogen functional groups attached to an aromatic ring is 1. The Morgan fingerprint density at radius 2 is 1.87 bits per heavy atom. The molecule has 0 radical (unpaired) electrons. The fourth-order valence-electron chi connectivity index (χ4n) is 2.28. The third kappa shape index (κ3) is 3.96. The molecule has 0 atom stereocenters. The van der Waals surface area contributed by atoms with Crippen LogP contribution >= 0.6 is 11.6 Å². The highest BCUT2D eigenvalue weighted by Crippen LogP contribution is 2.26. The number of hydrogen-bond acceptors (Lipinski definition) is 3. The van der Waals surface area contributed by atoms with Crippen molar-refractivity contribution >= 4 is 23.2 Å². The average Bonchev–Trinajstić information content (AvgIpc) is 2.55. The number of hydrogen-bond donors (Lipinski definition) is 2. The summed E-state index contributed by atoms with van der Waals surface area (Å²) >= 11 is 5.96. The summed E-state index contributed by atoms with van der Waals surface area (Å²) < 4.78 is 5.17. The fourth-order valence-corrected chi connectivity index (χ4v) is 2.45. The number of rotatable bonds is 5. The van der Waals surface area contributed by atoms with Crippen LogP contribution in [0.15, 0.2) is 42.5 Å². The summed E-state index contributed by atoms with van der Waals surface area (Å²) in [6.07, 6.45) is 0. The van der Waals surface area contributed by atoms with Gasteiger partial charge in [0.25, 0.3) is 5.91 Å². The van der Waals surface area contributed by atoms with Crippen molar-refractivity contribution in [2.75, 3.05) is 19.4 Å². The van der Waals surface area contributed by atoms with Gasteiger partial charge in [-0.05, 0) is 29.8 Å². The van der Waals surface area contributed by atoms with Crippen LogP contribution in [0.4, 0.5) is 5.69 Å². The summed E-state index contributed by atoms with van der Waals surface area (Å²) in [5, 5.41) is 3.31. The standard InChI is InChI=1S/C18H21ClN2O2/c1-18(2,12-7-9-13(23-3)10-8-12)11-21-17(22)14-5-4-6-15(19)16(14)20/h4-10H,11,20H2,1-3H3,(H,21,22). The molecule has 0 saturated heterocycles. The maximum atomic E-state index is 12.3.